The van der Waals surface area contributed by atoms with E-state index in [1.54, 1.807) is 25.1 Å². The van der Waals surface area contributed by atoms with Crippen molar-refractivity contribution in [2.45, 2.75) is 25.4 Å². The number of rotatable bonds is 7. The maximum absolute atomic E-state index is 11.1. The Hall–Kier alpha value is -2.16. The Balaban J connectivity index is 2.15. The lowest BCUT2D eigenvalue weighted by Crippen LogP contribution is -2.40. The molecule has 0 radical (unpaired) electrons. The van der Waals surface area contributed by atoms with Gasteiger partial charge < -0.3 is 14.6 Å². The molecule has 0 aliphatic rings. The van der Waals surface area contributed by atoms with E-state index < -0.39 is 30.4 Å². The van der Waals surface area contributed by atoms with Gasteiger partial charge in [0.25, 0.3) is 0 Å². The summed E-state index contributed by atoms with van der Waals surface area (Å²) in [6, 6.07) is 2.85. The fourth-order valence-electron chi connectivity index (χ4n) is 1.92. The van der Waals surface area contributed by atoms with Crippen molar-refractivity contribution in [2.75, 3.05) is 0 Å². The summed E-state index contributed by atoms with van der Waals surface area (Å²) in [7, 11) is 0. The third kappa shape index (κ3) is 4.44. The van der Waals surface area contributed by atoms with Gasteiger partial charge in [0.05, 0.1) is 22.5 Å². The maximum atomic E-state index is 11.1. The van der Waals surface area contributed by atoms with Crippen LogP contribution in [0.25, 0.3) is 11.5 Å². The molecule has 1 unspecified atom stereocenters. The van der Waals surface area contributed by atoms with Crippen LogP contribution in [0.4, 0.5) is 0 Å². The minimum atomic E-state index is -1.28. The minimum Gasteiger partial charge on any atom is -0.481 e. The molecular formula is C14H13Cl2N3O5. The summed E-state index contributed by atoms with van der Waals surface area (Å²) < 4.78 is 5.49. The maximum Gasteiger partial charge on any atom is 0.321 e. The van der Waals surface area contributed by atoms with Gasteiger partial charge in [-0.15, -0.1) is 10.2 Å². The third-order valence-corrected chi connectivity index (χ3v) is 3.84. The van der Waals surface area contributed by atoms with Gasteiger partial charge in [-0.2, -0.15) is 0 Å². The average molecular weight is 374 g/mol. The highest BCUT2D eigenvalue weighted by Crippen LogP contribution is 2.28. The molecule has 1 aromatic carbocycles. The van der Waals surface area contributed by atoms with Crippen molar-refractivity contribution in [1.29, 1.82) is 0 Å². The van der Waals surface area contributed by atoms with Crippen molar-refractivity contribution >= 4 is 35.1 Å². The van der Waals surface area contributed by atoms with Crippen LogP contribution < -0.4 is 5.32 Å². The average Bonchev–Trinajstić information content (AvgIpc) is 2.98. The Bertz CT molecular complexity index is 765. The van der Waals surface area contributed by atoms with Crippen molar-refractivity contribution < 1.29 is 24.2 Å². The molecule has 2 rings (SSSR count). The molecule has 2 aromatic rings. The smallest absolute Gasteiger partial charge is 0.321 e. The molecule has 3 N–H and O–H groups in total. The lowest BCUT2D eigenvalue weighted by atomic mass is 10.2. The predicted molar refractivity (Wildman–Crippen MR) is 85.0 cm³/mol. The van der Waals surface area contributed by atoms with Gasteiger partial charge in [0.15, 0.2) is 0 Å². The minimum absolute atomic E-state index is 0.118. The second kappa shape index (κ2) is 7.61. The van der Waals surface area contributed by atoms with Gasteiger partial charge in [-0.1, -0.05) is 23.2 Å². The number of carboxylic acids is 2. The summed E-state index contributed by atoms with van der Waals surface area (Å²) in [5.74, 6) is -2.22. The number of aromatic nitrogens is 2. The Morgan fingerprint density at radius 1 is 1.25 bits per heavy atom. The summed E-state index contributed by atoms with van der Waals surface area (Å²) in [6.45, 7) is 1.59. The first-order valence-corrected chi connectivity index (χ1v) is 7.53. The zero-order chi connectivity index (χ0) is 17.9. The van der Waals surface area contributed by atoms with Crippen LogP contribution in [0.5, 0.6) is 0 Å². The highest BCUT2D eigenvalue weighted by atomic mass is 35.5. The van der Waals surface area contributed by atoms with Crippen molar-refractivity contribution in [3.8, 4) is 11.5 Å². The van der Waals surface area contributed by atoms with E-state index in [0.29, 0.717) is 15.6 Å². The molecule has 0 bridgehead atoms. The molecule has 0 amide bonds. The number of nitrogens with zero attached hydrogens (tertiary/aromatic N) is 2. The zero-order valence-corrected chi connectivity index (χ0v) is 13.9. The zero-order valence-electron chi connectivity index (χ0n) is 12.4. The normalized spacial score (nSPS) is 13.5. The second-order valence-corrected chi connectivity index (χ2v) is 5.77. The van der Waals surface area contributed by atoms with E-state index in [2.05, 4.69) is 15.5 Å². The molecule has 2 atom stereocenters. The molecule has 24 heavy (non-hydrogen) atoms. The molecule has 10 heteroatoms. The number of aliphatic carboxylic acids is 2. The van der Waals surface area contributed by atoms with E-state index in [9.17, 15) is 9.59 Å². The first-order valence-electron chi connectivity index (χ1n) is 6.77. The number of carboxylic acid groups (broad SMARTS) is 2. The fourth-order valence-corrected chi connectivity index (χ4v) is 2.22. The van der Waals surface area contributed by atoms with E-state index in [-0.39, 0.29) is 11.8 Å². The molecule has 0 saturated heterocycles. The quantitative estimate of drug-likeness (QED) is 0.675. The topological polar surface area (TPSA) is 126 Å². The lowest BCUT2D eigenvalue weighted by Gasteiger charge is -2.15. The standard InChI is InChI=1S/C14H13Cl2N3O5/c1-6(17-10(14(22)23)5-11(20)21)12-18-19-13(24-12)7-2-3-8(15)9(16)4-7/h2-4,6,10,17H,5H2,1H3,(H,20,21)(H,22,23)/t6?,10-/m0/s1. The van der Waals surface area contributed by atoms with Crippen LogP contribution in [-0.2, 0) is 9.59 Å². The van der Waals surface area contributed by atoms with E-state index in [4.69, 9.17) is 37.8 Å². The van der Waals surface area contributed by atoms with E-state index in [1.807, 2.05) is 0 Å². The van der Waals surface area contributed by atoms with E-state index in [0.717, 1.165) is 0 Å². The van der Waals surface area contributed by atoms with E-state index >= 15 is 0 Å². The molecule has 0 aliphatic heterocycles. The number of hydrogen-bond acceptors (Lipinski definition) is 6. The van der Waals surface area contributed by atoms with Crippen LogP contribution in [0.3, 0.4) is 0 Å². The Morgan fingerprint density at radius 3 is 2.54 bits per heavy atom. The van der Waals surface area contributed by atoms with Gasteiger partial charge in [-0.25, -0.2) is 0 Å². The SMILES string of the molecule is CC(N[C@@H](CC(=O)O)C(=O)O)c1nnc(-c2ccc(Cl)c(Cl)c2)o1. The molecule has 0 aliphatic carbocycles. The predicted octanol–water partition coefficient (Wildman–Crippen LogP) is 2.62. The largest absolute Gasteiger partial charge is 0.481 e. The number of hydrogen-bond donors (Lipinski definition) is 3. The van der Waals surface area contributed by atoms with Crippen LogP contribution in [0.1, 0.15) is 25.3 Å². The first kappa shape index (κ1) is 18.2. The molecule has 1 aromatic heterocycles. The van der Waals surface area contributed by atoms with Gasteiger partial charge >= 0.3 is 11.9 Å². The van der Waals surface area contributed by atoms with Crippen LogP contribution in [0, 0.1) is 0 Å². The molecule has 1 heterocycles. The van der Waals surface area contributed by atoms with Crippen molar-refractivity contribution in [1.82, 2.24) is 15.5 Å². The van der Waals surface area contributed by atoms with Gasteiger partial charge in [0, 0.05) is 5.56 Å². The summed E-state index contributed by atoms with van der Waals surface area (Å²) in [4.78, 5) is 21.8. The van der Waals surface area contributed by atoms with Gasteiger partial charge in [0.1, 0.15) is 6.04 Å². The van der Waals surface area contributed by atoms with Gasteiger partial charge in [0.2, 0.25) is 11.8 Å². The molecule has 0 fully saturated rings. The van der Waals surface area contributed by atoms with Gasteiger partial charge in [-0.3, -0.25) is 14.9 Å². The van der Waals surface area contributed by atoms with Gasteiger partial charge in [-0.05, 0) is 25.1 Å². The van der Waals surface area contributed by atoms with Crippen LogP contribution in [0.15, 0.2) is 22.6 Å². The Kier molecular flexibility index (Phi) is 5.76. The number of carbonyl (C=O) groups is 2. The van der Waals surface area contributed by atoms with Crippen molar-refractivity contribution in [2.24, 2.45) is 0 Å². The Labute approximate surface area is 146 Å². The highest BCUT2D eigenvalue weighted by molar-refractivity contribution is 6.42. The highest BCUT2D eigenvalue weighted by Gasteiger charge is 2.25. The summed E-state index contributed by atoms with van der Waals surface area (Å²) in [6.07, 6.45) is -0.576. The third-order valence-electron chi connectivity index (χ3n) is 3.11. The summed E-state index contributed by atoms with van der Waals surface area (Å²) >= 11 is 11.8. The molecule has 0 spiro atoms. The van der Waals surface area contributed by atoms with E-state index in [1.165, 1.54) is 0 Å². The number of halogens is 2. The second-order valence-electron chi connectivity index (χ2n) is 4.95. The Morgan fingerprint density at radius 2 is 1.96 bits per heavy atom. The summed E-state index contributed by atoms with van der Waals surface area (Å²) in [5, 5.41) is 28.8. The molecule has 128 valence electrons. The van der Waals surface area contributed by atoms with Crippen LogP contribution in [-0.4, -0.2) is 38.4 Å². The van der Waals surface area contributed by atoms with Crippen molar-refractivity contribution in [3.05, 3.63) is 34.1 Å². The number of nitrogens with one attached hydrogen (secondary N) is 1. The van der Waals surface area contributed by atoms with Crippen LogP contribution >= 0.6 is 23.2 Å². The lowest BCUT2D eigenvalue weighted by molar-refractivity contribution is -0.146. The van der Waals surface area contributed by atoms with Crippen molar-refractivity contribution in [3.63, 3.8) is 0 Å². The molecule has 8 nitrogen and oxygen atoms in total. The monoisotopic (exact) mass is 373 g/mol. The first-order chi connectivity index (χ1) is 11.3. The number of benzene rings is 1. The van der Waals surface area contributed by atoms with Crippen LogP contribution in [0.2, 0.25) is 10.0 Å². The molecular weight excluding hydrogens is 361 g/mol. The fraction of sp³-hybridized carbons (Fsp3) is 0.286. The summed E-state index contributed by atoms with van der Waals surface area (Å²) in [5.41, 5.74) is 0.552. The molecule has 0 saturated carbocycles.